The van der Waals surface area contributed by atoms with E-state index in [1.54, 1.807) is 18.4 Å². The summed E-state index contributed by atoms with van der Waals surface area (Å²) in [6.45, 7) is 0. The molecule has 0 saturated heterocycles. The highest BCUT2D eigenvalue weighted by Crippen LogP contribution is 2.25. The summed E-state index contributed by atoms with van der Waals surface area (Å²) in [5.41, 5.74) is 5.05. The lowest BCUT2D eigenvalue weighted by molar-refractivity contribution is 0.440. The van der Waals surface area contributed by atoms with Crippen LogP contribution in [0.15, 0.2) is 52.2 Å². The molecule has 0 fully saturated rings. The van der Waals surface area contributed by atoms with Gasteiger partial charge in [-0.1, -0.05) is 0 Å². The molecule has 17 heavy (non-hydrogen) atoms. The van der Waals surface area contributed by atoms with Crippen LogP contribution < -0.4 is 5.43 Å². The molecular weight excluding hydrogens is 216 g/mol. The van der Waals surface area contributed by atoms with Crippen molar-refractivity contribution in [1.82, 2.24) is 5.43 Å². The van der Waals surface area contributed by atoms with Crippen LogP contribution in [0.5, 0.6) is 5.75 Å². The summed E-state index contributed by atoms with van der Waals surface area (Å²) >= 11 is 0. The van der Waals surface area contributed by atoms with Crippen LogP contribution in [-0.2, 0) is 0 Å². The smallest absolute Gasteiger partial charge is 0.128 e. The van der Waals surface area contributed by atoms with E-state index in [0.717, 1.165) is 23.5 Å². The molecule has 1 aromatic heterocycles. The number of hydrogen-bond donors (Lipinski definition) is 2. The van der Waals surface area contributed by atoms with Gasteiger partial charge in [0.2, 0.25) is 0 Å². The zero-order valence-electron chi connectivity index (χ0n) is 9.13. The number of hydrazone groups is 1. The Kier molecular flexibility index (Phi) is 2.33. The van der Waals surface area contributed by atoms with Crippen LogP contribution in [0.25, 0.3) is 0 Å². The molecule has 0 spiro atoms. The molecule has 4 heteroatoms. The first-order valence-corrected chi connectivity index (χ1v) is 5.48. The molecular formula is C13H12N2O2. The van der Waals surface area contributed by atoms with Gasteiger partial charge in [-0.25, -0.2) is 0 Å². The molecule has 2 heterocycles. The Morgan fingerprint density at radius 3 is 2.76 bits per heavy atom. The Labute approximate surface area is 98.6 Å². The van der Waals surface area contributed by atoms with E-state index in [1.807, 2.05) is 24.3 Å². The maximum Gasteiger partial charge on any atom is 0.128 e. The minimum atomic E-state index is 0.105. The van der Waals surface area contributed by atoms with Gasteiger partial charge in [0.1, 0.15) is 17.6 Å². The average Bonchev–Trinajstić information content (AvgIpc) is 3.00. The van der Waals surface area contributed by atoms with Gasteiger partial charge in [0.15, 0.2) is 0 Å². The summed E-state index contributed by atoms with van der Waals surface area (Å²) in [6, 6.07) is 11.0. The highest BCUT2D eigenvalue weighted by Gasteiger charge is 2.22. The van der Waals surface area contributed by atoms with Crippen molar-refractivity contribution in [2.45, 2.75) is 12.5 Å². The number of benzene rings is 1. The topological polar surface area (TPSA) is 57.8 Å². The lowest BCUT2D eigenvalue weighted by atomic mass is 10.0. The molecule has 3 rings (SSSR count). The van der Waals surface area contributed by atoms with E-state index < -0.39 is 0 Å². The first-order chi connectivity index (χ1) is 8.33. The van der Waals surface area contributed by atoms with Crippen molar-refractivity contribution < 1.29 is 9.52 Å². The van der Waals surface area contributed by atoms with Gasteiger partial charge in [0.25, 0.3) is 0 Å². The summed E-state index contributed by atoms with van der Waals surface area (Å²) in [7, 11) is 0. The van der Waals surface area contributed by atoms with Crippen LogP contribution in [-0.4, -0.2) is 10.8 Å². The van der Waals surface area contributed by atoms with Gasteiger partial charge in [-0.2, -0.15) is 5.10 Å². The molecule has 0 saturated carbocycles. The lowest BCUT2D eigenvalue weighted by Gasteiger charge is -2.05. The normalized spacial score (nSPS) is 18.8. The van der Waals surface area contributed by atoms with Gasteiger partial charge in [-0.05, 0) is 42.0 Å². The molecule has 0 radical (unpaired) electrons. The van der Waals surface area contributed by atoms with Gasteiger partial charge in [0.05, 0.1) is 12.0 Å². The summed E-state index contributed by atoms with van der Waals surface area (Å²) in [5, 5.41) is 13.5. The number of nitrogens with zero attached hydrogens (tertiary/aromatic N) is 1. The molecule has 1 aromatic carbocycles. The molecule has 1 aliphatic heterocycles. The van der Waals surface area contributed by atoms with E-state index in [2.05, 4.69) is 10.5 Å². The van der Waals surface area contributed by atoms with Crippen molar-refractivity contribution in [3.8, 4) is 5.75 Å². The zero-order valence-corrected chi connectivity index (χ0v) is 9.13. The van der Waals surface area contributed by atoms with E-state index in [9.17, 15) is 5.11 Å². The third-order valence-electron chi connectivity index (χ3n) is 2.84. The van der Waals surface area contributed by atoms with Crippen LogP contribution >= 0.6 is 0 Å². The second kappa shape index (κ2) is 3.97. The fourth-order valence-electron chi connectivity index (χ4n) is 1.93. The Balaban J connectivity index is 1.77. The Bertz CT molecular complexity index is 529. The molecule has 2 N–H and O–H groups in total. The van der Waals surface area contributed by atoms with Gasteiger partial charge in [0, 0.05) is 6.42 Å². The summed E-state index contributed by atoms with van der Waals surface area (Å²) < 4.78 is 5.34. The molecule has 0 amide bonds. The fourth-order valence-corrected chi connectivity index (χ4v) is 1.93. The predicted octanol–water partition coefficient (Wildman–Crippen LogP) is 2.42. The van der Waals surface area contributed by atoms with Crippen molar-refractivity contribution in [3.63, 3.8) is 0 Å². The number of phenolic OH excluding ortho intramolecular Hbond substituents is 1. The van der Waals surface area contributed by atoms with Crippen LogP contribution in [0.1, 0.15) is 23.8 Å². The van der Waals surface area contributed by atoms with Gasteiger partial charge < -0.3 is 9.52 Å². The zero-order chi connectivity index (χ0) is 11.7. The molecule has 1 unspecified atom stereocenters. The Hall–Kier alpha value is -2.23. The van der Waals surface area contributed by atoms with Gasteiger partial charge in [-0.3, -0.25) is 5.43 Å². The van der Waals surface area contributed by atoms with Gasteiger partial charge in [-0.15, -0.1) is 0 Å². The summed E-state index contributed by atoms with van der Waals surface area (Å²) in [4.78, 5) is 0. The number of rotatable bonds is 2. The first-order valence-electron chi connectivity index (χ1n) is 5.48. The second-order valence-corrected chi connectivity index (χ2v) is 4.01. The van der Waals surface area contributed by atoms with Crippen LogP contribution in [0.2, 0.25) is 0 Å². The number of nitrogens with one attached hydrogen (secondary N) is 1. The fraction of sp³-hybridized carbons (Fsp3) is 0.154. The van der Waals surface area contributed by atoms with E-state index >= 15 is 0 Å². The number of hydrogen-bond acceptors (Lipinski definition) is 4. The molecule has 86 valence electrons. The lowest BCUT2D eigenvalue weighted by Crippen LogP contribution is -2.08. The highest BCUT2D eigenvalue weighted by atomic mass is 16.3. The number of phenols is 1. The van der Waals surface area contributed by atoms with Crippen LogP contribution in [0.4, 0.5) is 0 Å². The SMILES string of the molecule is Oc1ccc(C2=NNC(c3ccco3)C2)cc1. The van der Waals surface area contributed by atoms with Crippen molar-refractivity contribution in [2.75, 3.05) is 0 Å². The Morgan fingerprint density at radius 1 is 1.24 bits per heavy atom. The molecule has 4 nitrogen and oxygen atoms in total. The third-order valence-corrected chi connectivity index (χ3v) is 2.84. The number of aromatic hydroxyl groups is 1. The maximum atomic E-state index is 9.23. The summed E-state index contributed by atoms with van der Waals surface area (Å²) in [5.74, 6) is 1.16. The second-order valence-electron chi connectivity index (χ2n) is 4.01. The minimum absolute atomic E-state index is 0.105. The van der Waals surface area contributed by atoms with E-state index in [4.69, 9.17) is 4.42 Å². The predicted molar refractivity (Wildman–Crippen MR) is 63.8 cm³/mol. The Morgan fingerprint density at radius 2 is 2.06 bits per heavy atom. The van der Waals surface area contributed by atoms with E-state index in [1.165, 1.54) is 0 Å². The number of furan rings is 1. The van der Waals surface area contributed by atoms with Crippen LogP contribution in [0, 0.1) is 0 Å². The van der Waals surface area contributed by atoms with Crippen molar-refractivity contribution in [2.24, 2.45) is 5.10 Å². The molecule has 2 aromatic rings. The first kappa shape index (κ1) is 9.96. The van der Waals surface area contributed by atoms with Gasteiger partial charge >= 0.3 is 0 Å². The highest BCUT2D eigenvalue weighted by molar-refractivity contribution is 6.01. The molecule has 0 aliphatic carbocycles. The third kappa shape index (κ3) is 1.89. The quantitative estimate of drug-likeness (QED) is 0.829. The average molecular weight is 228 g/mol. The monoisotopic (exact) mass is 228 g/mol. The van der Waals surface area contributed by atoms with E-state index in [-0.39, 0.29) is 11.8 Å². The van der Waals surface area contributed by atoms with E-state index in [0.29, 0.717) is 0 Å². The summed E-state index contributed by atoms with van der Waals surface area (Å²) in [6.07, 6.45) is 2.45. The standard InChI is InChI=1S/C13H12N2O2/c16-10-5-3-9(4-6-10)11-8-12(15-14-11)13-2-1-7-17-13/h1-7,12,15-16H,8H2. The van der Waals surface area contributed by atoms with Crippen LogP contribution in [0.3, 0.4) is 0 Å². The molecule has 0 bridgehead atoms. The van der Waals surface area contributed by atoms with Crippen molar-refractivity contribution in [1.29, 1.82) is 0 Å². The maximum absolute atomic E-state index is 9.23. The van der Waals surface area contributed by atoms with Crippen molar-refractivity contribution >= 4 is 5.71 Å². The largest absolute Gasteiger partial charge is 0.508 e. The minimum Gasteiger partial charge on any atom is -0.508 e. The molecule has 1 aliphatic rings. The molecule has 1 atom stereocenters. The van der Waals surface area contributed by atoms with Crippen molar-refractivity contribution in [3.05, 3.63) is 54.0 Å².